The van der Waals surface area contributed by atoms with Crippen LogP contribution in [0.25, 0.3) is 11.3 Å². The third kappa shape index (κ3) is 3.74. The second kappa shape index (κ2) is 7.22. The molecule has 0 bridgehead atoms. The Labute approximate surface area is 131 Å². The molecule has 1 aromatic heterocycles. The number of likely N-dealkylation sites (N-methyl/N-ethyl adjacent to an activating group) is 1. The highest BCUT2D eigenvalue weighted by Crippen LogP contribution is 2.21. The summed E-state index contributed by atoms with van der Waals surface area (Å²) in [6.07, 6.45) is 2.75. The van der Waals surface area contributed by atoms with Crippen LogP contribution in [0.3, 0.4) is 0 Å². The first-order chi connectivity index (χ1) is 10.5. The van der Waals surface area contributed by atoms with Gasteiger partial charge in [0.2, 0.25) is 5.91 Å². The molecule has 0 fully saturated rings. The fourth-order valence-corrected chi connectivity index (χ4v) is 2.59. The molecule has 1 atom stereocenters. The Balaban J connectivity index is 2.13. The third-order valence-corrected chi connectivity index (χ3v) is 3.72. The molecule has 0 aliphatic rings. The van der Waals surface area contributed by atoms with Gasteiger partial charge in [-0.3, -0.25) is 14.4 Å². The van der Waals surface area contributed by atoms with Crippen LogP contribution in [-0.2, 0) is 18.4 Å². The standard InChI is InChI=1S/C17H24N4O/c1-5-15(20(2)3)17(22)18-11-14-12-21(4)19-16(14)13-9-7-6-8-10-13/h6-10,12,15H,5,11H2,1-4H3,(H,18,22). The van der Waals surface area contributed by atoms with Crippen LogP contribution in [0.15, 0.2) is 36.5 Å². The van der Waals surface area contributed by atoms with E-state index in [1.54, 1.807) is 4.68 Å². The normalized spacial score (nSPS) is 12.4. The van der Waals surface area contributed by atoms with E-state index in [0.29, 0.717) is 6.54 Å². The van der Waals surface area contributed by atoms with Crippen LogP contribution >= 0.6 is 0 Å². The Hall–Kier alpha value is -2.14. The Bertz CT molecular complexity index is 619. The number of hydrogen-bond acceptors (Lipinski definition) is 3. The monoisotopic (exact) mass is 300 g/mol. The molecule has 1 aromatic carbocycles. The zero-order valence-corrected chi connectivity index (χ0v) is 13.7. The van der Waals surface area contributed by atoms with Crippen molar-refractivity contribution >= 4 is 5.91 Å². The Kier molecular flexibility index (Phi) is 5.33. The van der Waals surface area contributed by atoms with E-state index in [1.165, 1.54) is 0 Å². The van der Waals surface area contributed by atoms with Crippen molar-refractivity contribution in [3.63, 3.8) is 0 Å². The van der Waals surface area contributed by atoms with Crippen LogP contribution in [0, 0.1) is 0 Å². The lowest BCUT2D eigenvalue weighted by molar-refractivity contribution is -0.125. The maximum absolute atomic E-state index is 12.3. The highest BCUT2D eigenvalue weighted by molar-refractivity contribution is 5.81. The summed E-state index contributed by atoms with van der Waals surface area (Å²) in [4.78, 5) is 14.2. The second-order valence-corrected chi connectivity index (χ2v) is 5.65. The van der Waals surface area contributed by atoms with Gasteiger partial charge in [0, 0.05) is 30.9 Å². The van der Waals surface area contributed by atoms with Crippen molar-refractivity contribution in [1.29, 1.82) is 0 Å². The molecule has 1 amide bonds. The van der Waals surface area contributed by atoms with Gasteiger partial charge in [-0.05, 0) is 20.5 Å². The maximum atomic E-state index is 12.3. The van der Waals surface area contributed by atoms with E-state index >= 15 is 0 Å². The van der Waals surface area contributed by atoms with E-state index in [4.69, 9.17) is 0 Å². The Morgan fingerprint density at radius 1 is 1.32 bits per heavy atom. The molecular formula is C17H24N4O. The number of carbonyl (C=O) groups excluding carboxylic acids is 1. The summed E-state index contributed by atoms with van der Waals surface area (Å²) in [7, 11) is 5.74. The summed E-state index contributed by atoms with van der Waals surface area (Å²) in [5.41, 5.74) is 3.00. The van der Waals surface area contributed by atoms with E-state index < -0.39 is 0 Å². The number of aromatic nitrogens is 2. The Morgan fingerprint density at radius 3 is 2.59 bits per heavy atom. The highest BCUT2D eigenvalue weighted by Gasteiger charge is 2.19. The maximum Gasteiger partial charge on any atom is 0.237 e. The van der Waals surface area contributed by atoms with Crippen molar-refractivity contribution in [2.75, 3.05) is 14.1 Å². The van der Waals surface area contributed by atoms with Gasteiger partial charge in [-0.2, -0.15) is 5.10 Å². The second-order valence-electron chi connectivity index (χ2n) is 5.65. The van der Waals surface area contributed by atoms with Crippen molar-refractivity contribution in [2.45, 2.75) is 25.9 Å². The minimum Gasteiger partial charge on any atom is -0.351 e. The van der Waals surface area contributed by atoms with Crippen molar-refractivity contribution in [2.24, 2.45) is 7.05 Å². The first kappa shape index (κ1) is 16.2. The molecular weight excluding hydrogens is 276 g/mol. The summed E-state index contributed by atoms with van der Waals surface area (Å²) in [6.45, 7) is 2.50. The molecule has 0 radical (unpaired) electrons. The third-order valence-electron chi connectivity index (χ3n) is 3.72. The topological polar surface area (TPSA) is 50.2 Å². The number of benzene rings is 1. The average Bonchev–Trinajstić information content (AvgIpc) is 2.87. The summed E-state index contributed by atoms with van der Waals surface area (Å²) in [5.74, 6) is 0.0513. The Morgan fingerprint density at radius 2 is 2.00 bits per heavy atom. The fourth-order valence-electron chi connectivity index (χ4n) is 2.59. The molecule has 118 valence electrons. The van der Waals surface area contributed by atoms with Gasteiger partial charge in [0.25, 0.3) is 0 Å². The predicted molar refractivity (Wildman–Crippen MR) is 88.3 cm³/mol. The zero-order chi connectivity index (χ0) is 16.1. The molecule has 0 saturated heterocycles. The van der Waals surface area contributed by atoms with E-state index in [2.05, 4.69) is 10.4 Å². The SMILES string of the molecule is CCC(C(=O)NCc1cn(C)nc1-c1ccccc1)N(C)C. The molecule has 1 N–H and O–H groups in total. The van der Waals surface area contributed by atoms with E-state index in [-0.39, 0.29) is 11.9 Å². The molecule has 0 spiro atoms. The molecule has 0 saturated carbocycles. The minimum atomic E-state index is -0.100. The summed E-state index contributed by atoms with van der Waals surface area (Å²) < 4.78 is 1.78. The van der Waals surface area contributed by atoms with E-state index in [1.807, 2.05) is 69.5 Å². The summed E-state index contributed by atoms with van der Waals surface area (Å²) in [6, 6.07) is 9.93. The van der Waals surface area contributed by atoms with Crippen molar-refractivity contribution in [3.8, 4) is 11.3 Å². The van der Waals surface area contributed by atoms with Gasteiger partial charge in [0.05, 0.1) is 11.7 Å². The molecule has 1 unspecified atom stereocenters. The predicted octanol–water partition coefficient (Wildman–Crippen LogP) is 2.04. The van der Waals surface area contributed by atoms with E-state index in [0.717, 1.165) is 23.2 Å². The van der Waals surface area contributed by atoms with Crippen LogP contribution in [0.4, 0.5) is 0 Å². The van der Waals surface area contributed by atoms with Crippen LogP contribution in [-0.4, -0.2) is 40.7 Å². The molecule has 0 aliphatic heterocycles. The lowest BCUT2D eigenvalue weighted by atomic mass is 10.1. The van der Waals surface area contributed by atoms with Gasteiger partial charge >= 0.3 is 0 Å². The van der Waals surface area contributed by atoms with Crippen molar-refractivity contribution in [3.05, 3.63) is 42.1 Å². The first-order valence-electron chi connectivity index (χ1n) is 7.55. The average molecular weight is 300 g/mol. The molecule has 2 rings (SSSR count). The lowest BCUT2D eigenvalue weighted by Gasteiger charge is -2.21. The number of aryl methyl sites for hydroxylation is 1. The van der Waals surface area contributed by atoms with Crippen molar-refractivity contribution < 1.29 is 4.79 Å². The van der Waals surface area contributed by atoms with Crippen molar-refractivity contribution in [1.82, 2.24) is 20.0 Å². The summed E-state index contributed by atoms with van der Waals surface area (Å²) in [5, 5.41) is 7.53. The molecule has 5 nitrogen and oxygen atoms in total. The lowest BCUT2D eigenvalue weighted by Crippen LogP contribution is -2.42. The van der Waals surface area contributed by atoms with Crippen LogP contribution in [0.1, 0.15) is 18.9 Å². The van der Waals surface area contributed by atoms with Crippen LogP contribution in [0.2, 0.25) is 0 Å². The van der Waals surface area contributed by atoms with Gasteiger partial charge in [-0.1, -0.05) is 37.3 Å². The number of nitrogens with one attached hydrogen (secondary N) is 1. The van der Waals surface area contributed by atoms with Gasteiger partial charge < -0.3 is 5.32 Å². The minimum absolute atomic E-state index is 0.0513. The smallest absolute Gasteiger partial charge is 0.237 e. The number of rotatable bonds is 6. The number of nitrogens with zero attached hydrogens (tertiary/aromatic N) is 3. The van der Waals surface area contributed by atoms with Gasteiger partial charge in [0.1, 0.15) is 0 Å². The molecule has 1 heterocycles. The quantitative estimate of drug-likeness (QED) is 0.888. The molecule has 2 aromatic rings. The number of amides is 1. The van der Waals surface area contributed by atoms with Gasteiger partial charge in [0.15, 0.2) is 0 Å². The van der Waals surface area contributed by atoms with Gasteiger partial charge in [-0.25, -0.2) is 0 Å². The van der Waals surface area contributed by atoms with Crippen LogP contribution in [0.5, 0.6) is 0 Å². The van der Waals surface area contributed by atoms with Crippen LogP contribution < -0.4 is 5.32 Å². The highest BCUT2D eigenvalue weighted by atomic mass is 16.2. The van der Waals surface area contributed by atoms with E-state index in [9.17, 15) is 4.79 Å². The fraction of sp³-hybridized carbons (Fsp3) is 0.412. The first-order valence-corrected chi connectivity index (χ1v) is 7.55. The number of hydrogen-bond donors (Lipinski definition) is 1. The molecule has 22 heavy (non-hydrogen) atoms. The number of carbonyl (C=O) groups is 1. The largest absolute Gasteiger partial charge is 0.351 e. The molecule has 5 heteroatoms. The molecule has 0 aliphatic carbocycles. The zero-order valence-electron chi connectivity index (χ0n) is 13.7. The summed E-state index contributed by atoms with van der Waals surface area (Å²) >= 11 is 0. The van der Waals surface area contributed by atoms with Gasteiger partial charge in [-0.15, -0.1) is 0 Å².